The van der Waals surface area contributed by atoms with Crippen LogP contribution in [0.2, 0.25) is 0 Å². The molecule has 0 bridgehead atoms. The molecule has 0 saturated carbocycles. The molecule has 33 heavy (non-hydrogen) atoms. The summed E-state index contributed by atoms with van der Waals surface area (Å²) in [5.74, 6) is -1.13. The van der Waals surface area contributed by atoms with Gasteiger partial charge in [0.1, 0.15) is 18.2 Å². The van der Waals surface area contributed by atoms with E-state index >= 15 is 0 Å². The second-order valence-electron chi connectivity index (χ2n) is 6.69. The van der Waals surface area contributed by atoms with E-state index in [2.05, 4.69) is 15.2 Å². The smallest absolute Gasteiger partial charge is 0.328 e. The highest BCUT2D eigenvalue weighted by Crippen LogP contribution is 2.30. The number of carboxylic acid groups (broad SMARTS) is 2. The Balaban J connectivity index is 0.000000331. The van der Waals surface area contributed by atoms with Gasteiger partial charge in [-0.1, -0.05) is 12.1 Å². The van der Waals surface area contributed by atoms with Crippen LogP contribution in [0, 0.1) is 0 Å². The first-order valence-electron chi connectivity index (χ1n) is 9.62. The van der Waals surface area contributed by atoms with Crippen LogP contribution < -0.4 is 15.0 Å². The molecule has 10 nitrogen and oxygen atoms in total. The maximum absolute atomic E-state index is 11.7. The first kappa shape index (κ1) is 23.5. The number of nitrogens with zero attached hydrogens (tertiary/aromatic N) is 2. The van der Waals surface area contributed by atoms with E-state index in [4.69, 9.17) is 14.9 Å². The van der Waals surface area contributed by atoms with Gasteiger partial charge in [0.25, 0.3) is 11.1 Å². The van der Waals surface area contributed by atoms with Gasteiger partial charge >= 0.3 is 11.9 Å². The number of anilines is 1. The predicted octanol–water partition coefficient (Wildman–Crippen LogP) is 2.52. The molecule has 2 aliphatic heterocycles. The summed E-state index contributed by atoms with van der Waals surface area (Å²) in [6.45, 7) is 1.99. The number of hydrogen-bond donors (Lipinski definition) is 3. The van der Waals surface area contributed by atoms with Crippen LogP contribution in [0.4, 0.5) is 10.6 Å². The normalized spacial score (nSPS) is 16.4. The van der Waals surface area contributed by atoms with Crippen molar-refractivity contribution in [2.24, 2.45) is 0 Å². The van der Waals surface area contributed by atoms with Crippen molar-refractivity contribution in [3.8, 4) is 5.75 Å². The number of hydrogen-bond acceptors (Lipinski definition) is 8. The molecular weight excluding hydrogens is 450 g/mol. The van der Waals surface area contributed by atoms with Gasteiger partial charge in [-0.05, 0) is 47.7 Å². The standard InChI is InChI=1S/C18H15N3O3S.C4H4O4/c22-17-15(25-18(23)20-17)10-12-4-5-14-13(9-12)11-21(7-8-24-14)16-3-1-2-6-19-16;5-3(6)1-2-4(7)8/h1-6,9-10H,7-8,11H2,(H,20,22,23);1-2H,(H,5,6)(H,7,8). The summed E-state index contributed by atoms with van der Waals surface area (Å²) in [4.78, 5) is 49.1. The molecule has 2 aromatic rings. The third kappa shape index (κ3) is 6.94. The number of benzene rings is 1. The molecule has 2 amide bonds. The van der Waals surface area contributed by atoms with E-state index in [-0.39, 0.29) is 11.1 Å². The van der Waals surface area contributed by atoms with Gasteiger partial charge in [-0.25, -0.2) is 14.6 Å². The Kier molecular flexibility index (Phi) is 7.82. The highest BCUT2D eigenvalue weighted by molar-refractivity contribution is 8.18. The average molecular weight is 469 g/mol. The van der Waals surface area contributed by atoms with Crippen LogP contribution in [0.15, 0.2) is 59.7 Å². The minimum Gasteiger partial charge on any atom is -0.491 e. The molecular formula is C22H19N3O7S. The van der Waals surface area contributed by atoms with Crippen molar-refractivity contribution in [3.05, 3.63) is 70.8 Å². The zero-order valence-electron chi connectivity index (χ0n) is 17.1. The summed E-state index contributed by atoms with van der Waals surface area (Å²) in [6.07, 6.45) is 4.61. The fourth-order valence-electron chi connectivity index (χ4n) is 2.96. The summed E-state index contributed by atoms with van der Waals surface area (Å²) < 4.78 is 5.83. The van der Waals surface area contributed by atoms with Crippen LogP contribution in [0.25, 0.3) is 6.08 Å². The quantitative estimate of drug-likeness (QED) is 0.571. The molecule has 0 spiro atoms. The molecule has 0 radical (unpaired) electrons. The number of aromatic nitrogens is 1. The molecule has 2 aliphatic rings. The number of carboxylic acids is 2. The van der Waals surface area contributed by atoms with Gasteiger partial charge in [-0.2, -0.15) is 0 Å². The summed E-state index contributed by atoms with van der Waals surface area (Å²) in [5, 5.41) is 17.6. The van der Waals surface area contributed by atoms with Crippen LogP contribution in [-0.2, 0) is 20.9 Å². The van der Waals surface area contributed by atoms with E-state index in [0.29, 0.717) is 30.2 Å². The van der Waals surface area contributed by atoms with Crippen molar-refractivity contribution in [1.82, 2.24) is 10.3 Å². The van der Waals surface area contributed by atoms with Crippen LogP contribution in [0.1, 0.15) is 11.1 Å². The first-order valence-corrected chi connectivity index (χ1v) is 10.4. The number of rotatable bonds is 4. The van der Waals surface area contributed by atoms with Crippen molar-refractivity contribution in [2.45, 2.75) is 6.54 Å². The third-order valence-corrected chi connectivity index (χ3v) is 5.16. The molecule has 1 aromatic heterocycles. The number of fused-ring (bicyclic) bond motifs is 1. The minimum atomic E-state index is -1.26. The lowest BCUT2D eigenvalue weighted by molar-refractivity contribution is -0.134. The molecule has 1 saturated heterocycles. The Labute approximate surface area is 192 Å². The van der Waals surface area contributed by atoms with Gasteiger partial charge in [0.15, 0.2) is 0 Å². The maximum atomic E-state index is 11.7. The van der Waals surface area contributed by atoms with Crippen LogP contribution >= 0.6 is 11.8 Å². The molecule has 11 heteroatoms. The topological polar surface area (TPSA) is 146 Å². The number of aliphatic carboxylic acids is 2. The van der Waals surface area contributed by atoms with Crippen molar-refractivity contribution in [1.29, 1.82) is 0 Å². The zero-order valence-corrected chi connectivity index (χ0v) is 17.9. The molecule has 170 valence electrons. The average Bonchev–Trinajstić information content (AvgIpc) is 2.97. The number of carbonyl (C=O) groups is 4. The Bertz CT molecular complexity index is 1120. The Hall–Kier alpha value is -4.12. The number of amides is 2. The third-order valence-electron chi connectivity index (χ3n) is 4.35. The first-order chi connectivity index (χ1) is 15.8. The van der Waals surface area contributed by atoms with Gasteiger partial charge in [0.2, 0.25) is 0 Å². The lowest BCUT2D eigenvalue weighted by Crippen LogP contribution is -2.25. The number of ether oxygens (including phenoxy) is 1. The molecule has 1 aromatic carbocycles. The van der Waals surface area contributed by atoms with Gasteiger partial charge in [0.05, 0.1) is 11.4 Å². The van der Waals surface area contributed by atoms with E-state index in [1.54, 1.807) is 12.3 Å². The highest BCUT2D eigenvalue weighted by Gasteiger charge is 2.25. The van der Waals surface area contributed by atoms with Crippen molar-refractivity contribution in [3.63, 3.8) is 0 Å². The van der Waals surface area contributed by atoms with Crippen molar-refractivity contribution < 1.29 is 34.1 Å². The Morgan fingerprint density at radius 3 is 2.48 bits per heavy atom. The van der Waals surface area contributed by atoms with Crippen LogP contribution in [0.3, 0.4) is 0 Å². The summed E-state index contributed by atoms with van der Waals surface area (Å²) in [6, 6.07) is 11.6. The summed E-state index contributed by atoms with van der Waals surface area (Å²) >= 11 is 0.917. The molecule has 0 atom stereocenters. The SMILES string of the molecule is O=C(O)C=CC(=O)O.O=C1NC(=O)C(=Cc2ccc3c(c2)CN(c2ccccn2)CCO3)S1. The number of thioether (sulfide) groups is 1. The van der Waals surface area contributed by atoms with Crippen LogP contribution in [0.5, 0.6) is 5.75 Å². The van der Waals surface area contributed by atoms with E-state index in [1.165, 1.54) is 0 Å². The van der Waals surface area contributed by atoms with E-state index in [1.807, 2.05) is 36.4 Å². The summed E-state index contributed by atoms with van der Waals surface area (Å²) in [7, 11) is 0. The summed E-state index contributed by atoms with van der Waals surface area (Å²) in [5.41, 5.74) is 1.88. The monoisotopic (exact) mass is 469 g/mol. The van der Waals surface area contributed by atoms with Crippen molar-refractivity contribution in [2.75, 3.05) is 18.1 Å². The minimum absolute atomic E-state index is 0.337. The Morgan fingerprint density at radius 2 is 1.88 bits per heavy atom. The molecule has 4 rings (SSSR count). The van der Waals surface area contributed by atoms with Crippen LogP contribution in [-0.4, -0.2) is 51.4 Å². The number of imide groups is 1. The maximum Gasteiger partial charge on any atom is 0.328 e. The zero-order chi connectivity index (χ0) is 23.8. The Morgan fingerprint density at radius 1 is 1.12 bits per heavy atom. The van der Waals surface area contributed by atoms with Gasteiger partial charge in [-0.15, -0.1) is 0 Å². The molecule has 3 heterocycles. The van der Waals surface area contributed by atoms with E-state index < -0.39 is 11.9 Å². The lowest BCUT2D eigenvalue weighted by atomic mass is 10.1. The fraction of sp³-hybridized carbons (Fsp3) is 0.136. The number of pyridine rings is 1. The molecule has 0 unspecified atom stereocenters. The fourth-order valence-corrected chi connectivity index (χ4v) is 3.64. The van der Waals surface area contributed by atoms with Crippen molar-refractivity contribution >= 4 is 46.7 Å². The number of carbonyl (C=O) groups excluding carboxylic acids is 2. The molecule has 0 aliphatic carbocycles. The molecule has 3 N–H and O–H groups in total. The second kappa shape index (κ2) is 11.0. The molecule has 1 fully saturated rings. The lowest BCUT2D eigenvalue weighted by Gasteiger charge is -2.20. The second-order valence-corrected chi connectivity index (χ2v) is 7.70. The highest BCUT2D eigenvalue weighted by atomic mass is 32.2. The predicted molar refractivity (Wildman–Crippen MR) is 121 cm³/mol. The number of nitrogens with one attached hydrogen (secondary N) is 1. The largest absolute Gasteiger partial charge is 0.491 e. The van der Waals surface area contributed by atoms with Gasteiger partial charge < -0.3 is 19.8 Å². The van der Waals surface area contributed by atoms with Gasteiger partial charge in [-0.3, -0.25) is 14.9 Å². The van der Waals surface area contributed by atoms with E-state index in [0.717, 1.165) is 41.0 Å². The van der Waals surface area contributed by atoms with E-state index in [9.17, 15) is 19.2 Å². The van der Waals surface area contributed by atoms with Gasteiger partial charge in [0, 0.05) is 30.5 Å².